The molecule has 0 saturated carbocycles. The van der Waals surface area contributed by atoms with Gasteiger partial charge in [-0.2, -0.15) is 18.4 Å². The number of nitrogens with one attached hydrogen (secondary N) is 1. The molecule has 0 radical (unpaired) electrons. The second kappa shape index (κ2) is 7.80. The van der Waals surface area contributed by atoms with Crippen LogP contribution in [-0.4, -0.2) is 11.6 Å². The van der Waals surface area contributed by atoms with E-state index in [1.807, 2.05) is 6.92 Å². The first-order chi connectivity index (χ1) is 13.7. The molecule has 3 rings (SSSR count). The van der Waals surface area contributed by atoms with Gasteiger partial charge in [0, 0.05) is 16.8 Å². The molecule has 8 heteroatoms. The number of hydrogen-bond acceptors (Lipinski definition) is 3. The van der Waals surface area contributed by atoms with Gasteiger partial charge in [-0.1, -0.05) is 0 Å². The van der Waals surface area contributed by atoms with E-state index in [2.05, 4.69) is 4.98 Å². The van der Waals surface area contributed by atoms with Gasteiger partial charge in [0.25, 0.3) is 5.56 Å². The normalized spacial score (nSPS) is 11.2. The molecule has 0 aliphatic rings. The van der Waals surface area contributed by atoms with Crippen LogP contribution in [0, 0.1) is 17.1 Å². The molecule has 0 unspecified atom stereocenters. The number of rotatable bonds is 4. The summed E-state index contributed by atoms with van der Waals surface area (Å²) < 4.78 is 58.9. The molecule has 29 heavy (non-hydrogen) atoms. The van der Waals surface area contributed by atoms with Crippen LogP contribution in [0.25, 0.3) is 22.4 Å². The summed E-state index contributed by atoms with van der Waals surface area (Å²) in [5.74, 6) is -0.380. The van der Waals surface area contributed by atoms with Crippen LogP contribution in [-0.2, 0) is 6.18 Å². The molecule has 1 aromatic heterocycles. The number of H-pyrrole nitrogens is 1. The first kappa shape index (κ1) is 20.1. The summed E-state index contributed by atoms with van der Waals surface area (Å²) in [4.78, 5) is 14.9. The molecule has 0 aliphatic carbocycles. The highest BCUT2D eigenvalue weighted by atomic mass is 19.4. The van der Waals surface area contributed by atoms with E-state index in [1.165, 1.54) is 6.07 Å². The van der Waals surface area contributed by atoms with Crippen molar-refractivity contribution in [3.63, 3.8) is 0 Å². The standard InChI is InChI=1S/C21H14F4N2O2/c1-2-29-14-6-3-12(4-7-14)19-10-15(17(11-26)20(28)27-19)16-9-13(21(23,24)25)5-8-18(16)22/h3-10H,2H2,1H3,(H,27,28). The molecular weight excluding hydrogens is 388 g/mol. The van der Waals surface area contributed by atoms with Gasteiger partial charge < -0.3 is 9.72 Å². The molecule has 0 saturated heterocycles. The van der Waals surface area contributed by atoms with Gasteiger partial charge >= 0.3 is 6.18 Å². The minimum Gasteiger partial charge on any atom is -0.494 e. The Morgan fingerprint density at radius 3 is 2.34 bits per heavy atom. The van der Waals surface area contributed by atoms with Gasteiger partial charge in [-0.15, -0.1) is 0 Å². The predicted molar refractivity (Wildman–Crippen MR) is 98.8 cm³/mol. The fraction of sp³-hybridized carbons (Fsp3) is 0.143. The van der Waals surface area contributed by atoms with Gasteiger partial charge in [0.15, 0.2) is 0 Å². The van der Waals surface area contributed by atoms with E-state index in [-0.39, 0.29) is 11.3 Å². The fourth-order valence-corrected chi connectivity index (χ4v) is 2.84. The fourth-order valence-electron chi connectivity index (χ4n) is 2.84. The van der Waals surface area contributed by atoms with Crippen LogP contribution < -0.4 is 10.3 Å². The van der Waals surface area contributed by atoms with Crippen LogP contribution in [0.1, 0.15) is 18.1 Å². The third-order valence-electron chi connectivity index (χ3n) is 4.21. The van der Waals surface area contributed by atoms with E-state index in [4.69, 9.17) is 4.74 Å². The lowest BCUT2D eigenvalue weighted by Gasteiger charge is -2.12. The lowest BCUT2D eigenvalue weighted by molar-refractivity contribution is -0.137. The molecule has 0 bridgehead atoms. The number of nitriles is 1. The zero-order valence-corrected chi connectivity index (χ0v) is 15.1. The van der Waals surface area contributed by atoms with Crippen molar-refractivity contribution in [1.82, 2.24) is 4.98 Å². The van der Waals surface area contributed by atoms with Gasteiger partial charge in [-0.05, 0) is 61.0 Å². The highest BCUT2D eigenvalue weighted by Gasteiger charge is 2.31. The van der Waals surface area contributed by atoms with E-state index < -0.39 is 34.2 Å². The van der Waals surface area contributed by atoms with E-state index in [0.29, 0.717) is 36.1 Å². The average molecular weight is 402 g/mol. The number of halogens is 4. The summed E-state index contributed by atoms with van der Waals surface area (Å²) in [6, 6.07) is 11.4. The number of hydrogen-bond donors (Lipinski definition) is 1. The molecule has 2 aromatic carbocycles. The predicted octanol–water partition coefficient (Wildman–Crippen LogP) is 5.14. The van der Waals surface area contributed by atoms with Crippen molar-refractivity contribution in [2.45, 2.75) is 13.1 Å². The van der Waals surface area contributed by atoms with Gasteiger partial charge in [-0.3, -0.25) is 4.79 Å². The highest BCUT2D eigenvalue weighted by Crippen LogP contribution is 2.35. The van der Waals surface area contributed by atoms with Crippen molar-refractivity contribution < 1.29 is 22.3 Å². The zero-order valence-electron chi connectivity index (χ0n) is 15.1. The van der Waals surface area contributed by atoms with E-state index in [1.54, 1.807) is 30.3 Å². The highest BCUT2D eigenvalue weighted by molar-refractivity contribution is 5.76. The monoisotopic (exact) mass is 402 g/mol. The Morgan fingerprint density at radius 2 is 1.76 bits per heavy atom. The third-order valence-corrected chi connectivity index (χ3v) is 4.21. The van der Waals surface area contributed by atoms with E-state index >= 15 is 0 Å². The van der Waals surface area contributed by atoms with Gasteiger partial charge in [0.05, 0.1) is 12.2 Å². The first-order valence-corrected chi connectivity index (χ1v) is 8.52. The van der Waals surface area contributed by atoms with E-state index in [9.17, 15) is 27.6 Å². The summed E-state index contributed by atoms with van der Waals surface area (Å²) in [5.41, 5.74) is -2.34. The number of benzene rings is 2. The van der Waals surface area contributed by atoms with Crippen molar-refractivity contribution in [1.29, 1.82) is 5.26 Å². The van der Waals surface area contributed by atoms with Gasteiger partial charge in [0.1, 0.15) is 23.2 Å². The Kier molecular flexibility index (Phi) is 5.41. The van der Waals surface area contributed by atoms with Gasteiger partial charge in [-0.25, -0.2) is 4.39 Å². The van der Waals surface area contributed by atoms with Crippen molar-refractivity contribution in [3.05, 3.63) is 75.8 Å². The molecule has 0 atom stereocenters. The second-order valence-electron chi connectivity index (χ2n) is 6.06. The third kappa shape index (κ3) is 4.14. The van der Waals surface area contributed by atoms with Crippen molar-refractivity contribution >= 4 is 0 Å². The maximum absolute atomic E-state index is 14.4. The maximum atomic E-state index is 14.4. The molecular formula is C21H14F4N2O2. The van der Waals surface area contributed by atoms with Gasteiger partial charge in [0.2, 0.25) is 0 Å². The lowest BCUT2D eigenvalue weighted by atomic mass is 9.97. The topological polar surface area (TPSA) is 65.9 Å². The Hall–Kier alpha value is -3.60. The van der Waals surface area contributed by atoms with Crippen molar-refractivity contribution in [3.8, 4) is 34.2 Å². The summed E-state index contributed by atoms with van der Waals surface area (Å²) in [5, 5.41) is 9.31. The minimum absolute atomic E-state index is 0.219. The van der Waals surface area contributed by atoms with Crippen LogP contribution in [0.15, 0.2) is 53.3 Å². The lowest BCUT2D eigenvalue weighted by Crippen LogP contribution is -2.13. The molecule has 0 spiro atoms. The Balaban J connectivity index is 2.20. The summed E-state index contributed by atoms with van der Waals surface area (Å²) in [6.45, 7) is 2.29. The minimum atomic E-state index is -4.70. The van der Waals surface area contributed by atoms with Crippen LogP contribution in [0.3, 0.4) is 0 Å². The number of aromatic nitrogens is 1. The largest absolute Gasteiger partial charge is 0.494 e. The summed E-state index contributed by atoms with van der Waals surface area (Å²) in [6.07, 6.45) is -4.70. The Labute approximate surface area is 163 Å². The second-order valence-corrected chi connectivity index (χ2v) is 6.06. The number of alkyl halides is 3. The maximum Gasteiger partial charge on any atom is 0.416 e. The first-order valence-electron chi connectivity index (χ1n) is 8.52. The quantitative estimate of drug-likeness (QED) is 0.615. The smallest absolute Gasteiger partial charge is 0.416 e. The Bertz CT molecular complexity index is 1140. The van der Waals surface area contributed by atoms with Crippen molar-refractivity contribution in [2.75, 3.05) is 6.61 Å². The van der Waals surface area contributed by atoms with Crippen LogP contribution in [0.2, 0.25) is 0 Å². The average Bonchev–Trinajstić information content (AvgIpc) is 2.67. The summed E-state index contributed by atoms with van der Waals surface area (Å²) in [7, 11) is 0. The molecule has 1 N–H and O–H groups in total. The van der Waals surface area contributed by atoms with E-state index in [0.717, 1.165) is 0 Å². The number of pyridine rings is 1. The molecule has 148 valence electrons. The molecule has 3 aromatic rings. The molecule has 0 aliphatic heterocycles. The van der Waals surface area contributed by atoms with Crippen molar-refractivity contribution in [2.24, 2.45) is 0 Å². The number of nitrogens with zero attached hydrogens (tertiary/aromatic N) is 1. The van der Waals surface area contributed by atoms with Crippen LogP contribution in [0.4, 0.5) is 17.6 Å². The molecule has 4 nitrogen and oxygen atoms in total. The zero-order chi connectivity index (χ0) is 21.2. The SMILES string of the molecule is CCOc1ccc(-c2cc(-c3cc(C(F)(F)F)ccc3F)c(C#N)c(=O)[nH]2)cc1. The van der Waals surface area contributed by atoms with Crippen LogP contribution in [0.5, 0.6) is 5.75 Å². The Morgan fingerprint density at radius 1 is 1.07 bits per heavy atom. The summed E-state index contributed by atoms with van der Waals surface area (Å²) >= 11 is 0. The number of aromatic amines is 1. The number of ether oxygens (including phenoxy) is 1. The van der Waals surface area contributed by atoms with Crippen LogP contribution >= 0.6 is 0 Å². The molecule has 0 fully saturated rings. The molecule has 0 amide bonds. The molecule has 1 heterocycles.